The van der Waals surface area contributed by atoms with Crippen LogP contribution >= 0.6 is 0 Å². The Hall–Kier alpha value is -2.36. The van der Waals surface area contributed by atoms with E-state index in [9.17, 15) is 9.18 Å². The highest BCUT2D eigenvalue weighted by Gasteiger charge is 2.30. The topological polar surface area (TPSA) is 32.3 Å². The highest BCUT2D eigenvalue weighted by atomic mass is 19.1. The average Bonchev–Trinajstić information content (AvgIpc) is 3.01. The molecule has 3 rings (SSSR count). The van der Waals surface area contributed by atoms with Crippen LogP contribution in [0.4, 0.5) is 14.9 Å². The first-order valence-electron chi connectivity index (χ1n) is 8.36. The third-order valence-corrected chi connectivity index (χ3v) is 4.68. The number of nitrogens with zero attached hydrogens (tertiary/aromatic N) is 1. The van der Waals surface area contributed by atoms with E-state index < -0.39 is 0 Å². The maximum absolute atomic E-state index is 13.1. The second kappa shape index (κ2) is 6.63. The van der Waals surface area contributed by atoms with Crippen LogP contribution in [0.25, 0.3) is 0 Å². The Kier molecular flexibility index (Phi) is 4.56. The maximum atomic E-state index is 13.1. The molecule has 1 heterocycles. The molecule has 24 heavy (non-hydrogen) atoms. The number of amides is 2. The fourth-order valence-electron chi connectivity index (χ4n) is 3.60. The third-order valence-electron chi connectivity index (χ3n) is 4.68. The highest BCUT2D eigenvalue weighted by molar-refractivity contribution is 5.91. The number of hydrogen-bond donors (Lipinski definition) is 1. The first-order valence-corrected chi connectivity index (χ1v) is 8.36. The molecule has 1 N–H and O–H groups in total. The van der Waals surface area contributed by atoms with Gasteiger partial charge in [-0.25, -0.2) is 9.18 Å². The van der Waals surface area contributed by atoms with E-state index in [1.165, 1.54) is 17.7 Å². The van der Waals surface area contributed by atoms with E-state index in [-0.39, 0.29) is 17.9 Å². The summed E-state index contributed by atoms with van der Waals surface area (Å²) in [4.78, 5) is 14.6. The van der Waals surface area contributed by atoms with Gasteiger partial charge in [0.25, 0.3) is 0 Å². The van der Waals surface area contributed by atoms with E-state index in [1.807, 2.05) is 18.7 Å². The van der Waals surface area contributed by atoms with Crippen molar-refractivity contribution in [2.75, 3.05) is 11.9 Å². The number of hydrogen-bond acceptors (Lipinski definition) is 1. The molecule has 0 saturated carbocycles. The molecule has 0 radical (unpaired) electrons. The number of aryl methyl sites for hydroxylation is 3. The Morgan fingerprint density at radius 3 is 2.38 bits per heavy atom. The highest BCUT2D eigenvalue weighted by Crippen LogP contribution is 2.33. The second-order valence-corrected chi connectivity index (χ2v) is 6.61. The molecular weight excluding hydrogens is 303 g/mol. The van der Waals surface area contributed by atoms with Crippen LogP contribution < -0.4 is 5.32 Å². The largest absolute Gasteiger partial charge is 0.322 e. The molecule has 0 aliphatic carbocycles. The van der Waals surface area contributed by atoms with E-state index in [4.69, 9.17) is 0 Å². The summed E-state index contributed by atoms with van der Waals surface area (Å²) < 4.78 is 13.1. The summed E-state index contributed by atoms with van der Waals surface area (Å²) in [6, 6.07) is 10.5. The van der Waals surface area contributed by atoms with E-state index >= 15 is 0 Å². The van der Waals surface area contributed by atoms with Gasteiger partial charge in [0.05, 0.1) is 6.04 Å². The van der Waals surface area contributed by atoms with Crippen molar-refractivity contribution >= 4 is 11.7 Å². The van der Waals surface area contributed by atoms with Crippen LogP contribution in [0.2, 0.25) is 0 Å². The predicted octanol–water partition coefficient (Wildman–Crippen LogP) is 5.12. The monoisotopic (exact) mass is 326 g/mol. The molecular formula is C20H23FN2O. The van der Waals surface area contributed by atoms with Crippen LogP contribution in [0.15, 0.2) is 36.4 Å². The van der Waals surface area contributed by atoms with Gasteiger partial charge in [0.15, 0.2) is 0 Å². The number of halogens is 1. The Labute approximate surface area is 142 Å². The number of benzene rings is 2. The molecule has 0 bridgehead atoms. The molecule has 2 aromatic rings. The van der Waals surface area contributed by atoms with E-state index in [1.54, 1.807) is 12.1 Å². The SMILES string of the molecule is Cc1cc(C)c(NC(=O)N2CCCC2c2ccc(F)cc2)c(C)c1. The number of urea groups is 1. The van der Waals surface area contributed by atoms with Gasteiger partial charge >= 0.3 is 6.03 Å². The van der Waals surface area contributed by atoms with Crippen molar-refractivity contribution in [1.82, 2.24) is 4.90 Å². The van der Waals surface area contributed by atoms with E-state index in [0.29, 0.717) is 0 Å². The molecule has 0 aromatic heterocycles. The van der Waals surface area contributed by atoms with Gasteiger partial charge in [-0.3, -0.25) is 0 Å². The summed E-state index contributed by atoms with van der Waals surface area (Å²) in [5.41, 5.74) is 5.20. The summed E-state index contributed by atoms with van der Waals surface area (Å²) in [5.74, 6) is -0.251. The minimum Gasteiger partial charge on any atom is -0.317 e. The molecule has 1 aliphatic rings. The summed E-state index contributed by atoms with van der Waals surface area (Å²) in [6.07, 6.45) is 1.87. The minimum atomic E-state index is -0.251. The van der Waals surface area contributed by atoms with Crippen LogP contribution in [-0.4, -0.2) is 17.5 Å². The molecule has 1 saturated heterocycles. The molecule has 1 fully saturated rings. The predicted molar refractivity (Wildman–Crippen MR) is 94.8 cm³/mol. The van der Waals surface area contributed by atoms with Crippen molar-refractivity contribution in [3.63, 3.8) is 0 Å². The van der Waals surface area contributed by atoms with Crippen molar-refractivity contribution < 1.29 is 9.18 Å². The summed E-state index contributed by atoms with van der Waals surface area (Å²) >= 11 is 0. The van der Waals surface area contributed by atoms with E-state index in [2.05, 4.69) is 24.4 Å². The molecule has 0 spiro atoms. The number of likely N-dealkylation sites (tertiary alicyclic amines) is 1. The van der Waals surface area contributed by atoms with Crippen LogP contribution in [0.1, 0.15) is 41.1 Å². The van der Waals surface area contributed by atoms with Crippen molar-refractivity contribution in [2.45, 2.75) is 39.7 Å². The molecule has 2 amide bonds. The normalized spacial score (nSPS) is 17.2. The van der Waals surface area contributed by atoms with Crippen molar-refractivity contribution in [2.24, 2.45) is 0 Å². The molecule has 2 aromatic carbocycles. The van der Waals surface area contributed by atoms with Gasteiger partial charge in [0.1, 0.15) is 5.82 Å². The minimum absolute atomic E-state index is 0.0108. The van der Waals surface area contributed by atoms with Gasteiger partial charge in [0, 0.05) is 12.2 Å². The smallest absolute Gasteiger partial charge is 0.317 e. The van der Waals surface area contributed by atoms with E-state index in [0.717, 1.165) is 41.8 Å². The average molecular weight is 326 g/mol. The number of carbonyl (C=O) groups is 1. The lowest BCUT2D eigenvalue weighted by molar-refractivity contribution is 0.207. The Morgan fingerprint density at radius 2 is 1.75 bits per heavy atom. The molecule has 1 atom stereocenters. The zero-order valence-corrected chi connectivity index (χ0v) is 14.4. The molecule has 1 aliphatic heterocycles. The maximum Gasteiger partial charge on any atom is 0.322 e. The lowest BCUT2D eigenvalue weighted by atomic mass is 10.0. The summed E-state index contributed by atoms with van der Waals surface area (Å²) in [5, 5.41) is 3.07. The first kappa shape index (κ1) is 16.5. The number of carbonyl (C=O) groups excluding carboxylic acids is 1. The molecule has 4 heteroatoms. The fourth-order valence-corrected chi connectivity index (χ4v) is 3.60. The van der Waals surface area contributed by atoms with Crippen LogP contribution in [-0.2, 0) is 0 Å². The molecule has 1 unspecified atom stereocenters. The third kappa shape index (κ3) is 3.28. The zero-order chi connectivity index (χ0) is 17.3. The quantitative estimate of drug-likeness (QED) is 0.816. The first-order chi connectivity index (χ1) is 11.5. The standard InChI is InChI=1S/C20H23FN2O/c1-13-11-14(2)19(15(3)12-13)22-20(24)23-10-4-5-18(23)16-6-8-17(21)9-7-16/h6-9,11-12,18H,4-5,10H2,1-3H3,(H,22,24). The number of anilines is 1. The van der Waals surface area contributed by atoms with Crippen molar-refractivity contribution in [1.29, 1.82) is 0 Å². The fraction of sp³-hybridized carbons (Fsp3) is 0.350. The van der Waals surface area contributed by atoms with Crippen molar-refractivity contribution in [3.8, 4) is 0 Å². The second-order valence-electron chi connectivity index (χ2n) is 6.61. The molecule has 126 valence electrons. The van der Waals surface area contributed by atoms with Crippen LogP contribution in [0.5, 0.6) is 0 Å². The van der Waals surface area contributed by atoms with Gasteiger partial charge < -0.3 is 10.2 Å². The van der Waals surface area contributed by atoms with Crippen molar-refractivity contribution in [3.05, 3.63) is 64.5 Å². The summed E-state index contributed by atoms with van der Waals surface area (Å²) in [6.45, 7) is 6.79. The Balaban J connectivity index is 1.80. The zero-order valence-electron chi connectivity index (χ0n) is 14.4. The van der Waals surface area contributed by atoms with Crippen LogP contribution in [0.3, 0.4) is 0 Å². The van der Waals surface area contributed by atoms with Gasteiger partial charge in [-0.2, -0.15) is 0 Å². The Bertz CT molecular complexity index is 732. The van der Waals surface area contributed by atoms with Gasteiger partial charge in [-0.1, -0.05) is 29.8 Å². The van der Waals surface area contributed by atoms with Gasteiger partial charge in [0.2, 0.25) is 0 Å². The lowest BCUT2D eigenvalue weighted by Gasteiger charge is -2.26. The van der Waals surface area contributed by atoms with Gasteiger partial charge in [-0.05, 0) is 62.4 Å². The molecule has 3 nitrogen and oxygen atoms in total. The van der Waals surface area contributed by atoms with Gasteiger partial charge in [-0.15, -0.1) is 0 Å². The number of rotatable bonds is 2. The number of nitrogens with one attached hydrogen (secondary N) is 1. The lowest BCUT2D eigenvalue weighted by Crippen LogP contribution is -2.34. The summed E-state index contributed by atoms with van der Waals surface area (Å²) in [7, 11) is 0. The Morgan fingerprint density at radius 1 is 1.12 bits per heavy atom. The van der Waals surface area contributed by atoms with Crippen LogP contribution in [0, 0.1) is 26.6 Å².